The van der Waals surface area contributed by atoms with Crippen LogP contribution in [0.15, 0.2) is 97.1 Å². The quantitative estimate of drug-likeness (QED) is 0.217. The molecule has 4 aliphatic heterocycles. The fourth-order valence-electron chi connectivity index (χ4n) is 4.83. The Bertz CT molecular complexity index is 1080. The molecule has 0 spiro atoms. The van der Waals surface area contributed by atoms with Crippen LogP contribution in [0.3, 0.4) is 0 Å². The molecular weight excluding hydrogens is 456 g/mol. The maximum Gasteiger partial charge on any atom is 0.159 e. The zero-order valence-electron chi connectivity index (χ0n) is 21.3. The van der Waals surface area contributed by atoms with Crippen molar-refractivity contribution in [1.82, 2.24) is 0 Å². The lowest BCUT2D eigenvalue weighted by atomic mass is 10.0. The van der Waals surface area contributed by atoms with Crippen molar-refractivity contribution in [2.45, 2.75) is 25.7 Å². The van der Waals surface area contributed by atoms with Gasteiger partial charge in [0, 0.05) is 36.7 Å². The average molecular weight is 493 g/mol. The van der Waals surface area contributed by atoms with E-state index in [0.29, 0.717) is 6.73 Å². The largest absolute Gasteiger partial charge is 0.471 e. The third-order valence-corrected chi connectivity index (χ3v) is 6.79. The number of ether oxygens (including phenoxy) is 1. The molecule has 0 saturated heterocycles. The molecule has 0 aromatic heterocycles. The van der Waals surface area contributed by atoms with E-state index in [1.165, 1.54) is 59.4 Å². The summed E-state index contributed by atoms with van der Waals surface area (Å²) in [4.78, 5) is 0. The third kappa shape index (κ3) is 6.76. The fraction of sp³-hybridized carbons (Fsp3) is 0.250. The molecule has 8 rings (SSSR count). The van der Waals surface area contributed by atoms with Crippen molar-refractivity contribution < 1.29 is 4.74 Å². The van der Waals surface area contributed by atoms with E-state index in [1.54, 1.807) is 0 Å². The van der Waals surface area contributed by atoms with Crippen molar-refractivity contribution in [2.24, 2.45) is 0 Å². The Hall–Kier alpha value is -4.12. The zero-order valence-corrected chi connectivity index (χ0v) is 21.3. The second-order valence-electron chi connectivity index (χ2n) is 9.32. The Labute approximate surface area is 220 Å². The van der Waals surface area contributed by atoms with Crippen molar-refractivity contribution in [3.8, 4) is 5.75 Å². The van der Waals surface area contributed by atoms with Gasteiger partial charge in [-0.3, -0.25) is 0 Å². The molecule has 0 unspecified atom stereocenters. The second kappa shape index (κ2) is 12.7. The van der Waals surface area contributed by atoms with Crippen LogP contribution in [0.4, 0.5) is 22.7 Å². The molecule has 5 heteroatoms. The molecule has 4 aromatic carbocycles. The van der Waals surface area contributed by atoms with Gasteiger partial charge in [0.15, 0.2) is 6.73 Å². The Morgan fingerprint density at radius 3 is 1.43 bits per heavy atom. The number of nitrogens with one attached hydrogen (secondary N) is 4. The third-order valence-electron chi connectivity index (χ3n) is 6.79. The summed E-state index contributed by atoms with van der Waals surface area (Å²) in [6.07, 6.45) is 4.90. The number of aryl methyl sites for hydroxylation is 1. The first-order valence-electron chi connectivity index (χ1n) is 13.3. The highest BCUT2D eigenvalue weighted by molar-refractivity contribution is 5.58. The molecule has 0 fully saturated rings. The van der Waals surface area contributed by atoms with Crippen molar-refractivity contribution >= 4 is 22.7 Å². The topological polar surface area (TPSA) is 57.3 Å². The van der Waals surface area contributed by atoms with E-state index < -0.39 is 0 Å². The number of hydrogen-bond donors (Lipinski definition) is 4. The van der Waals surface area contributed by atoms with E-state index in [4.69, 9.17) is 4.74 Å². The molecule has 0 amide bonds. The first kappa shape index (κ1) is 24.6. The van der Waals surface area contributed by atoms with Crippen molar-refractivity contribution in [3.63, 3.8) is 0 Å². The molecule has 4 heterocycles. The molecule has 0 atom stereocenters. The van der Waals surface area contributed by atoms with Gasteiger partial charge in [0.2, 0.25) is 0 Å². The number of anilines is 4. The molecule has 190 valence electrons. The normalized spacial score (nSPS) is 14.7. The van der Waals surface area contributed by atoms with E-state index in [1.807, 2.05) is 24.3 Å². The van der Waals surface area contributed by atoms with Crippen LogP contribution in [0, 0.1) is 0 Å². The van der Waals surface area contributed by atoms with Crippen LogP contribution in [0.1, 0.15) is 23.1 Å². The van der Waals surface area contributed by atoms with E-state index in [9.17, 15) is 0 Å². The lowest BCUT2D eigenvalue weighted by Gasteiger charge is -2.16. The Morgan fingerprint density at radius 2 is 0.892 bits per heavy atom. The predicted molar refractivity (Wildman–Crippen MR) is 156 cm³/mol. The van der Waals surface area contributed by atoms with Gasteiger partial charge in [0.25, 0.3) is 0 Å². The Morgan fingerprint density at radius 1 is 0.432 bits per heavy atom. The van der Waals surface area contributed by atoms with E-state index in [2.05, 4.69) is 94.1 Å². The van der Waals surface area contributed by atoms with Crippen LogP contribution in [-0.2, 0) is 19.3 Å². The van der Waals surface area contributed by atoms with Crippen molar-refractivity contribution in [3.05, 3.63) is 114 Å². The summed E-state index contributed by atoms with van der Waals surface area (Å²) in [6, 6.07) is 33.4. The van der Waals surface area contributed by atoms with Gasteiger partial charge in [0.1, 0.15) is 5.75 Å². The summed E-state index contributed by atoms with van der Waals surface area (Å²) >= 11 is 0. The maximum atomic E-state index is 5.19. The number of benzene rings is 4. The monoisotopic (exact) mass is 492 g/mol. The average Bonchev–Trinajstić information content (AvgIpc) is 3.75. The lowest BCUT2D eigenvalue weighted by molar-refractivity contribution is 0.372. The standard InChI is InChI=1S/C9H11N.2C8H9N.C7H7NO/c1-2-6-9-8(4-1)5-3-7-10-9;2*1-2-4-8-7(3-1)5-6-9-8;1-2-4-7-6(3-1)8-5-9-7/h1-2,4,6,10H,3,5,7H2;2*1-4,9H,5-6H2;1-4,8H,5H2. The number of rotatable bonds is 0. The molecular formula is C32H36N4O. The number of para-hydroxylation sites is 5. The fourth-order valence-corrected chi connectivity index (χ4v) is 4.83. The molecule has 4 aliphatic rings. The molecule has 5 nitrogen and oxygen atoms in total. The minimum Gasteiger partial charge on any atom is -0.471 e. The van der Waals surface area contributed by atoms with E-state index in [0.717, 1.165) is 31.1 Å². The second-order valence-corrected chi connectivity index (χ2v) is 9.32. The number of fused-ring (bicyclic) bond motifs is 4. The number of hydrogen-bond acceptors (Lipinski definition) is 5. The zero-order chi connectivity index (χ0) is 25.1. The van der Waals surface area contributed by atoms with Crippen molar-refractivity contribution in [1.29, 1.82) is 0 Å². The summed E-state index contributed by atoms with van der Waals surface area (Å²) in [5.74, 6) is 0.956. The SMILES string of the molecule is c1ccc2c(c1)CCCN2.c1ccc2c(c1)CCN2.c1ccc2c(c1)CCN2.c1ccc2c(c1)NCO2. The van der Waals surface area contributed by atoms with Crippen LogP contribution in [0.2, 0.25) is 0 Å². The maximum absolute atomic E-state index is 5.19. The summed E-state index contributed by atoms with van der Waals surface area (Å²) in [5.41, 5.74) is 9.44. The van der Waals surface area contributed by atoms with Gasteiger partial charge in [0.05, 0.1) is 5.69 Å². The van der Waals surface area contributed by atoms with Gasteiger partial charge < -0.3 is 26.0 Å². The summed E-state index contributed by atoms with van der Waals surface area (Å²) in [5, 5.41) is 13.0. The molecule has 4 N–H and O–H groups in total. The smallest absolute Gasteiger partial charge is 0.159 e. The van der Waals surface area contributed by atoms with Gasteiger partial charge in [-0.05, 0) is 72.7 Å². The van der Waals surface area contributed by atoms with Crippen LogP contribution in [0.25, 0.3) is 0 Å². The van der Waals surface area contributed by atoms with Crippen LogP contribution in [0.5, 0.6) is 5.75 Å². The van der Waals surface area contributed by atoms with Gasteiger partial charge in [-0.2, -0.15) is 0 Å². The van der Waals surface area contributed by atoms with Gasteiger partial charge >= 0.3 is 0 Å². The van der Waals surface area contributed by atoms with Crippen LogP contribution >= 0.6 is 0 Å². The highest BCUT2D eigenvalue weighted by Crippen LogP contribution is 2.27. The van der Waals surface area contributed by atoms with Crippen LogP contribution in [-0.4, -0.2) is 26.4 Å². The Kier molecular flexibility index (Phi) is 8.45. The first-order valence-corrected chi connectivity index (χ1v) is 13.3. The van der Waals surface area contributed by atoms with Crippen LogP contribution < -0.4 is 26.0 Å². The Balaban J connectivity index is 0.000000101. The highest BCUT2D eigenvalue weighted by atomic mass is 16.5. The summed E-state index contributed by atoms with van der Waals surface area (Å²) < 4.78 is 5.19. The van der Waals surface area contributed by atoms with Gasteiger partial charge in [-0.15, -0.1) is 0 Å². The molecule has 0 bridgehead atoms. The molecule has 37 heavy (non-hydrogen) atoms. The van der Waals surface area contributed by atoms with Gasteiger partial charge in [-0.25, -0.2) is 0 Å². The molecule has 4 aromatic rings. The molecule has 0 aliphatic carbocycles. The minimum absolute atomic E-state index is 0.610. The first-order chi connectivity index (χ1) is 18.4. The lowest BCUT2D eigenvalue weighted by Crippen LogP contribution is -2.10. The molecule has 0 saturated carbocycles. The predicted octanol–water partition coefficient (Wildman–Crippen LogP) is 6.80. The molecule has 0 radical (unpaired) electrons. The summed E-state index contributed by atoms with van der Waals surface area (Å²) in [6.45, 7) is 3.97. The van der Waals surface area contributed by atoms with E-state index in [-0.39, 0.29) is 0 Å². The van der Waals surface area contributed by atoms with Gasteiger partial charge in [-0.1, -0.05) is 66.7 Å². The summed E-state index contributed by atoms with van der Waals surface area (Å²) in [7, 11) is 0. The van der Waals surface area contributed by atoms with E-state index >= 15 is 0 Å². The highest BCUT2D eigenvalue weighted by Gasteiger charge is 2.08. The van der Waals surface area contributed by atoms with Crippen molar-refractivity contribution in [2.75, 3.05) is 47.6 Å². The minimum atomic E-state index is 0.610.